The Morgan fingerprint density at radius 1 is 1.47 bits per heavy atom. The number of aromatic nitrogens is 3. The van der Waals surface area contributed by atoms with Gasteiger partial charge in [0.15, 0.2) is 11.8 Å². The van der Waals surface area contributed by atoms with E-state index < -0.39 is 12.2 Å². The van der Waals surface area contributed by atoms with E-state index in [1.165, 1.54) is 10.7 Å². The van der Waals surface area contributed by atoms with Crippen LogP contribution in [-0.4, -0.2) is 30.9 Å². The largest absolute Gasteiger partial charge is 0.384 e. The van der Waals surface area contributed by atoms with E-state index in [1.807, 2.05) is 0 Å². The number of aliphatic hydroxyl groups excluding tert-OH is 2. The molecule has 0 spiro atoms. The highest BCUT2D eigenvalue weighted by Crippen LogP contribution is 2.19. The molecule has 2 aromatic rings. The molecule has 0 radical (unpaired) electrons. The summed E-state index contributed by atoms with van der Waals surface area (Å²) in [5.74, 6) is 0. The first-order chi connectivity index (χ1) is 7.24. The molecule has 0 saturated carbocycles. The van der Waals surface area contributed by atoms with Gasteiger partial charge in [0.25, 0.3) is 0 Å². The fourth-order valence-corrected chi connectivity index (χ4v) is 1.29. The van der Waals surface area contributed by atoms with Gasteiger partial charge in [-0.3, -0.25) is 0 Å². The van der Waals surface area contributed by atoms with Crippen LogP contribution in [0.4, 0.5) is 0 Å². The van der Waals surface area contributed by atoms with Crippen LogP contribution in [0, 0.1) is 11.3 Å². The van der Waals surface area contributed by atoms with Crippen molar-refractivity contribution in [3.8, 4) is 6.07 Å². The van der Waals surface area contributed by atoms with Gasteiger partial charge in [0.1, 0.15) is 6.10 Å². The Labute approximate surface area is 85.0 Å². The summed E-state index contributed by atoms with van der Waals surface area (Å²) in [6.45, 7) is 0. The molecule has 0 aliphatic rings. The van der Waals surface area contributed by atoms with Gasteiger partial charge in [-0.1, -0.05) is 0 Å². The SMILES string of the molecule is N#CC(O)C(O)c1cnn2cccnc12. The normalized spacial score (nSPS) is 14.7. The van der Waals surface area contributed by atoms with Crippen LogP contribution in [0.1, 0.15) is 11.7 Å². The van der Waals surface area contributed by atoms with Crippen LogP contribution in [0.15, 0.2) is 24.7 Å². The van der Waals surface area contributed by atoms with Crippen LogP contribution >= 0.6 is 0 Å². The first kappa shape index (κ1) is 9.58. The summed E-state index contributed by atoms with van der Waals surface area (Å²) in [5, 5.41) is 31.2. The van der Waals surface area contributed by atoms with Crippen molar-refractivity contribution in [3.63, 3.8) is 0 Å². The summed E-state index contributed by atoms with van der Waals surface area (Å²) >= 11 is 0. The molecule has 2 unspecified atom stereocenters. The third-order valence-electron chi connectivity index (χ3n) is 2.06. The second-order valence-electron chi connectivity index (χ2n) is 3.01. The third-order valence-corrected chi connectivity index (χ3v) is 2.06. The number of fused-ring (bicyclic) bond motifs is 1. The van der Waals surface area contributed by atoms with Crippen LogP contribution < -0.4 is 0 Å². The number of nitrogens with zero attached hydrogens (tertiary/aromatic N) is 4. The number of nitriles is 1. The van der Waals surface area contributed by atoms with Crippen molar-refractivity contribution in [2.45, 2.75) is 12.2 Å². The van der Waals surface area contributed by atoms with E-state index >= 15 is 0 Å². The third kappa shape index (κ3) is 1.54. The molecule has 2 atom stereocenters. The zero-order chi connectivity index (χ0) is 10.8. The summed E-state index contributed by atoms with van der Waals surface area (Å²) in [7, 11) is 0. The van der Waals surface area contributed by atoms with Crippen LogP contribution in [0.25, 0.3) is 5.65 Å². The maximum atomic E-state index is 9.61. The first-order valence-corrected chi connectivity index (χ1v) is 4.28. The predicted molar refractivity (Wildman–Crippen MR) is 49.6 cm³/mol. The van der Waals surface area contributed by atoms with Crippen molar-refractivity contribution in [1.82, 2.24) is 14.6 Å². The van der Waals surface area contributed by atoms with E-state index in [2.05, 4.69) is 10.1 Å². The molecule has 0 aromatic carbocycles. The Hall–Kier alpha value is -1.97. The van der Waals surface area contributed by atoms with Gasteiger partial charge in [-0.05, 0) is 6.07 Å². The van der Waals surface area contributed by atoms with Gasteiger partial charge in [-0.2, -0.15) is 10.4 Å². The standard InChI is InChI=1S/C9H8N4O2/c10-4-7(14)8(15)6-5-12-13-3-1-2-11-9(6)13/h1-3,5,7-8,14-15H. The summed E-state index contributed by atoms with van der Waals surface area (Å²) in [4.78, 5) is 4.00. The highest BCUT2D eigenvalue weighted by atomic mass is 16.3. The highest BCUT2D eigenvalue weighted by molar-refractivity contribution is 5.47. The Balaban J connectivity index is 2.49. The van der Waals surface area contributed by atoms with Gasteiger partial charge in [0.2, 0.25) is 0 Å². The van der Waals surface area contributed by atoms with Gasteiger partial charge in [-0.25, -0.2) is 9.50 Å². The van der Waals surface area contributed by atoms with E-state index in [9.17, 15) is 10.2 Å². The summed E-state index contributed by atoms with van der Waals surface area (Å²) < 4.78 is 1.46. The number of aliphatic hydroxyl groups is 2. The van der Waals surface area contributed by atoms with Crippen molar-refractivity contribution in [3.05, 3.63) is 30.2 Å². The molecule has 15 heavy (non-hydrogen) atoms. The van der Waals surface area contributed by atoms with Crippen LogP contribution in [-0.2, 0) is 0 Å². The van der Waals surface area contributed by atoms with Gasteiger partial charge < -0.3 is 10.2 Å². The monoisotopic (exact) mass is 204 g/mol. The molecule has 6 nitrogen and oxygen atoms in total. The zero-order valence-electron chi connectivity index (χ0n) is 7.65. The summed E-state index contributed by atoms with van der Waals surface area (Å²) in [6, 6.07) is 3.25. The molecule has 76 valence electrons. The smallest absolute Gasteiger partial charge is 0.170 e. The van der Waals surface area contributed by atoms with Gasteiger partial charge in [-0.15, -0.1) is 0 Å². The second-order valence-corrected chi connectivity index (χ2v) is 3.01. The molecule has 0 bridgehead atoms. The molecule has 0 fully saturated rings. The average molecular weight is 204 g/mol. The van der Waals surface area contributed by atoms with Gasteiger partial charge in [0.05, 0.1) is 12.3 Å². The molecule has 2 rings (SSSR count). The lowest BCUT2D eigenvalue weighted by Crippen LogP contribution is -2.15. The lowest BCUT2D eigenvalue weighted by Gasteiger charge is -2.08. The van der Waals surface area contributed by atoms with Crippen LogP contribution in [0.3, 0.4) is 0 Å². The van der Waals surface area contributed by atoms with E-state index in [4.69, 9.17) is 5.26 Å². The number of hydrogen-bond donors (Lipinski definition) is 2. The molecule has 2 aromatic heterocycles. The molecule has 0 amide bonds. The van der Waals surface area contributed by atoms with Crippen molar-refractivity contribution in [1.29, 1.82) is 5.26 Å². The zero-order valence-corrected chi connectivity index (χ0v) is 7.65. The molecule has 2 N–H and O–H groups in total. The van der Waals surface area contributed by atoms with Crippen LogP contribution in [0.2, 0.25) is 0 Å². The summed E-state index contributed by atoms with van der Waals surface area (Å²) in [6.07, 6.45) is 1.83. The van der Waals surface area contributed by atoms with Gasteiger partial charge >= 0.3 is 0 Å². The molecular formula is C9H8N4O2. The molecule has 0 aliphatic heterocycles. The molecular weight excluding hydrogens is 196 g/mol. The van der Waals surface area contributed by atoms with E-state index in [1.54, 1.807) is 24.5 Å². The minimum Gasteiger partial charge on any atom is -0.384 e. The Morgan fingerprint density at radius 2 is 2.27 bits per heavy atom. The summed E-state index contributed by atoms with van der Waals surface area (Å²) in [5.41, 5.74) is 0.768. The molecule has 6 heteroatoms. The molecule has 0 aliphatic carbocycles. The average Bonchev–Trinajstić information content (AvgIpc) is 2.70. The maximum absolute atomic E-state index is 9.61. The van der Waals surface area contributed by atoms with Gasteiger partial charge in [0, 0.05) is 18.0 Å². The van der Waals surface area contributed by atoms with Crippen molar-refractivity contribution < 1.29 is 10.2 Å². The van der Waals surface area contributed by atoms with E-state index in [0.29, 0.717) is 11.2 Å². The van der Waals surface area contributed by atoms with Crippen molar-refractivity contribution in [2.75, 3.05) is 0 Å². The van der Waals surface area contributed by atoms with E-state index in [0.717, 1.165) is 0 Å². The van der Waals surface area contributed by atoms with Crippen molar-refractivity contribution in [2.24, 2.45) is 0 Å². The first-order valence-electron chi connectivity index (χ1n) is 4.28. The van der Waals surface area contributed by atoms with E-state index in [-0.39, 0.29) is 0 Å². The Morgan fingerprint density at radius 3 is 3.00 bits per heavy atom. The lowest BCUT2D eigenvalue weighted by atomic mass is 10.1. The number of rotatable bonds is 2. The quantitative estimate of drug-likeness (QED) is 0.652. The molecule has 0 saturated heterocycles. The predicted octanol–water partition coefficient (Wildman–Crippen LogP) is -0.353. The Kier molecular flexibility index (Phi) is 2.33. The van der Waals surface area contributed by atoms with Crippen LogP contribution in [0.5, 0.6) is 0 Å². The fraction of sp³-hybridized carbons (Fsp3) is 0.222. The fourth-order valence-electron chi connectivity index (χ4n) is 1.29. The lowest BCUT2D eigenvalue weighted by molar-refractivity contribution is 0.0536. The van der Waals surface area contributed by atoms with Crippen molar-refractivity contribution >= 4 is 5.65 Å². The maximum Gasteiger partial charge on any atom is 0.170 e. The topological polar surface area (TPSA) is 94.4 Å². The highest BCUT2D eigenvalue weighted by Gasteiger charge is 2.21. The molecule has 2 heterocycles. The number of hydrogen-bond acceptors (Lipinski definition) is 5. The second kappa shape index (κ2) is 3.65. The Bertz CT molecular complexity index is 516. The minimum absolute atomic E-state index is 0.338. The minimum atomic E-state index is -1.47.